The lowest BCUT2D eigenvalue weighted by atomic mass is 10.2. The Labute approximate surface area is 174 Å². The largest absolute Gasteiger partial charge is 0.495 e. The Hall–Kier alpha value is -3.88. The van der Waals surface area contributed by atoms with Gasteiger partial charge in [0.25, 0.3) is 0 Å². The van der Waals surface area contributed by atoms with Crippen LogP contribution < -0.4 is 19.9 Å². The van der Waals surface area contributed by atoms with Gasteiger partial charge in [-0.15, -0.1) is 0 Å². The quantitative estimate of drug-likeness (QED) is 0.491. The molecule has 9 nitrogen and oxygen atoms in total. The van der Waals surface area contributed by atoms with E-state index in [1.54, 1.807) is 19.2 Å². The molecule has 0 amide bonds. The number of anilines is 4. The zero-order valence-corrected chi connectivity index (χ0v) is 16.6. The molecular weight excluding hydrogens is 384 g/mol. The summed E-state index contributed by atoms with van der Waals surface area (Å²) in [6.07, 6.45) is 1.35. The van der Waals surface area contributed by atoms with Crippen molar-refractivity contribution in [3.05, 3.63) is 71.0 Å². The number of aromatic nitrogens is 2. The lowest BCUT2D eigenvalue weighted by molar-refractivity contribution is -0.383. The molecule has 0 bridgehead atoms. The predicted molar refractivity (Wildman–Crippen MR) is 116 cm³/mol. The first-order valence-corrected chi connectivity index (χ1v) is 9.61. The molecule has 2 heterocycles. The fraction of sp³-hybridized carbons (Fsp3) is 0.238. The van der Waals surface area contributed by atoms with E-state index in [1.165, 1.54) is 6.33 Å². The summed E-state index contributed by atoms with van der Waals surface area (Å²) >= 11 is 0. The van der Waals surface area contributed by atoms with E-state index in [1.807, 2.05) is 35.2 Å². The molecule has 9 heteroatoms. The molecule has 0 radical (unpaired) electrons. The number of nitro groups is 1. The summed E-state index contributed by atoms with van der Waals surface area (Å²) in [6, 6.07) is 17.3. The molecule has 1 aliphatic rings. The number of benzene rings is 2. The van der Waals surface area contributed by atoms with Crippen molar-refractivity contribution in [2.75, 3.05) is 48.4 Å². The molecule has 3 aromatic rings. The molecule has 1 fully saturated rings. The molecule has 0 spiro atoms. The number of hydrogen-bond acceptors (Lipinski definition) is 8. The molecule has 1 N–H and O–H groups in total. The van der Waals surface area contributed by atoms with Gasteiger partial charge in [0.1, 0.15) is 12.1 Å². The van der Waals surface area contributed by atoms with Gasteiger partial charge in [-0.25, -0.2) is 9.97 Å². The minimum absolute atomic E-state index is 0.139. The molecule has 0 saturated carbocycles. The molecule has 0 unspecified atom stereocenters. The summed E-state index contributed by atoms with van der Waals surface area (Å²) in [6.45, 7) is 2.75. The molecule has 2 aromatic carbocycles. The van der Waals surface area contributed by atoms with Gasteiger partial charge in [-0.05, 0) is 24.3 Å². The van der Waals surface area contributed by atoms with Gasteiger partial charge in [0.15, 0.2) is 0 Å². The zero-order valence-electron chi connectivity index (χ0n) is 16.6. The fourth-order valence-electron chi connectivity index (χ4n) is 3.55. The van der Waals surface area contributed by atoms with Crippen LogP contribution in [0.25, 0.3) is 0 Å². The normalized spacial score (nSPS) is 13.8. The monoisotopic (exact) mass is 406 g/mol. The summed E-state index contributed by atoms with van der Waals surface area (Å²) in [7, 11) is 1.55. The Bertz CT molecular complexity index is 1020. The molecule has 1 aliphatic heterocycles. The van der Waals surface area contributed by atoms with Gasteiger partial charge in [0, 0.05) is 31.9 Å². The Morgan fingerprint density at radius 2 is 1.63 bits per heavy atom. The standard InChI is InChI=1S/C21H22N6O3/c1-30-18-10-6-5-9-17(18)24-20-19(27(28)29)21(23-15-22-20)26-13-11-25(12-14-26)16-7-3-2-4-8-16/h2-10,15H,11-14H2,1H3,(H,22,23,24). The topological polar surface area (TPSA) is 96.7 Å². The average molecular weight is 406 g/mol. The summed E-state index contributed by atoms with van der Waals surface area (Å²) in [5.41, 5.74) is 1.60. The molecule has 0 aliphatic carbocycles. The van der Waals surface area contributed by atoms with Crippen LogP contribution >= 0.6 is 0 Å². The van der Waals surface area contributed by atoms with Crippen LogP contribution in [0, 0.1) is 10.1 Å². The lowest BCUT2D eigenvalue weighted by Gasteiger charge is -2.36. The van der Waals surface area contributed by atoms with Crippen molar-refractivity contribution in [2.24, 2.45) is 0 Å². The van der Waals surface area contributed by atoms with E-state index < -0.39 is 4.92 Å². The second-order valence-corrected chi connectivity index (χ2v) is 6.79. The maximum Gasteiger partial charge on any atom is 0.353 e. The Kier molecular flexibility index (Phi) is 5.60. The summed E-state index contributed by atoms with van der Waals surface area (Å²) in [4.78, 5) is 24.1. The fourth-order valence-corrected chi connectivity index (χ4v) is 3.55. The van der Waals surface area contributed by atoms with Crippen LogP contribution in [0.5, 0.6) is 5.75 Å². The van der Waals surface area contributed by atoms with Crippen molar-refractivity contribution >= 4 is 28.7 Å². The van der Waals surface area contributed by atoms with Gasteiger partial charge in [-0.3, -0.25) is 10.1 Å². The minimum Gasteiger partial charge on any atom is -0.495 e. The third kappa shape index (κ3) is 3.95. The smallest absolute Gasteiger partial charge is 0.353 e. The summed E-state index contributed by atoms with van der Waals surface area (Å²) in [5.74, 6) is 1.03. The van der Waals surface area contributed by atoms with E-state index >= 15 is 0 Å². The van der Waals surface area contributed by atoms with E-state index in [0.717, 1.165) is 18.8 Å². The van der Waals surface area contributed by atoms with Crippen LogP contribution in [0.15, 0.2) is 60.9 Å². The maximum absolute atomic E-state index is 11.9. The number of hydrogen-bond donors (Lipinski definition) is 1. The SMILES string of the molecule is COc1ccccc1Nc1ncnc(N2CCN(c3ccccc3)CC2)c1[N+](=O)[O-]. The number of para-hydroxylation sites is 3. The summed E-state index contributed by atoms with van der Waals surface area (Å²) in [5, 5.41) is 15.0. The van der Waals surface area contributed by atoms with Crippen molar-refractivity contribution < 1.29 is 9.66 Å². The minimum atomic E-state index is -0.434. The first-order valence-electron chi connectivity index (χ1n) is 9.61. The number of rotatable bonds is 6. The van der Waals surface area contributed by atoms with Crippen molar-refractivity contribution in [1.82, 2.24) is 9.97 Å². The average Bonchev–Trinajstić information content (AvgIpc) is 2.80. The Balaban J connectivity index is 1.59. The third-order valence-corrected chi connectivity index (χ3v) is 5.05. The number of methoxy groups -OCH3 is 1. The van der Waals surface area contributed by atoms with E-state index in [0.29, 0.717) is 30.3 Å². The van der Waals surface area contributed by atoms with Crippen molar-refractivity contribution in [3.63, 3.8) is 0 Å². The van der Waals surface area contributed by atoms with Crippen LogP contribution in [0.1, 0.15) is 0 Å². The highest BCUT2D eigenvalue weighted by atomic mass is 16.6. The number of nitrogens with zero attached hydrogens (tertiary/aromatic N) is 5. The van der Waals surface area contributed by atoms with Crippen LogP contribution in [0.4, 0.5) is 28.7 Å². The van der Waals surface area contributed by atoms with Gasteiger partial charge in [0.2, 0.25) is 11.6 Å². The zero-order chi connectivity index (χ0) is 20.9. The molecule has 154 valence electrons. The van der Waals surface area contributed by atoms with Crippen LogP contribution in [0.3, 0.4) is 0 Å². The summed E-state index contributed by atoms with van der Waals surface area (Å²) < 4.78 is 5.33. The molecular formula is C21H22N6O3. The van der Waals surface area contributed by atoms with Crippen molar-refractivity contribution in [1.29, 1.82) is 0 Å². The first kappa shape index (κ1) is 19.4. The van der Waals surface area contributed by atoms with Gasteiger partial charge in [-0.1, -0.05) is 30.3 Å². The lowest BCUT2D eigenvalue weighted by Crippen LogP contribution is -2.47. The van der Waals surface area contributed by atoms with E-state index in [9.17, 15) is 10.1 Å². The van der Waals surface area contributed by atoms with Gasteiger partial charge in [0.05, 0.1) is 17.7 Å². The van der Waals surface area contributed by atoms with Crippen LogP contribution in [-0.4, -0.2) is 48.2 Å². The highest BCUT2D eigenvalue weighted by Gasteiger charge is 2.29. The molecule has 4 rings (SSSR count). The second-order valence-electron chi connectivity index (χ2n) is 6.79. The molecule has 1 aromatic heterocycles. The first-order chi connectivity index (χ1) is 14.7. The van der Waals surface area contributed by atoms with E-state index in [2.05, 4.69) is 32.3 Å². The number of ether oxygens (including phenoxy) is 1. The van der Waals surface area contributed by atoms with Gasteiger partial charge in [-0.2, -0.15) is 0 Å². The second kappa shape index (κ2) is 8.64. The number of piperazine rings is 1. The van der Waals surface area contributed by atoms with E-state index in [-0.39, 0.29) is 11.5 Å². The predicted octanol–water partition coefficient (Wildman–Crippen LogP) is 3.46. The Morgan fingerprint density at radius 1 is 0.967 bits per heavy atom. The van der Waals surface area contributed by atoms with Crippen LogP contribution in [-0.2, 0) is 0 Å². The number of nitrogens with one attached hydrogen (secondary N) is 1. The Morgan fingerprint density at radius 3 is 2.33 bits per heavy atom. The molecule has 0 atom stereocenters. The highest BCUT2D eigenvalue weighted by Crippen LogP contribution is 2.36. The molecule has 30 heavy (non-hydrogen) atoms. The highest BCUT2D eigenvalue weighted by molar-refractivity contribution is 5.76. The van der Waals surface area contributed by atoms with Gasteiger partial charge < -0.3 is 19.9 Å². The van der Waals surface area contributed by atoms with Crippen LogP contribution in [0.2, 0.25) is 0 Å². The molecule has 1 saturated heterocycles. The van der Waals surface area contributed by atoms with E-state index in [4.69, 9.17) is 4.74 Å². The van der Waals surface area contributed by atoms with Crippen molar-refractivity contribution in [2.45, 2.75) is 0 Å². The maximum atomic E-state index is 11.9. The van der Waals surface area contributed by atoms with Gasteiger partial charge >= 0.3 is 5.69 Å². The third-order valence-electron chi connectivity index (χ3n) is 5.05. The van der Waals surface area contributed by atoms with Crippen molar-refractivity contribution in [3.8, 4) is 5.75 Å².